The van der Waals surface area contributed by atoms with Crippen LogP contribution in [0.2, 0.25) is 13.1 Å². The van der Waals surface area contributed by atoms with Gasteiger partial charge in [0.2, 0.25) is 5.69 Å². The van der Waals surface area contributed by atoms with Gasteiger partial charge in [-0.1, -0.05) is 96.3 Å². The maximum Gasteiger partial charge on any atom is 0.220 e. The fourth-order valence-electron chi connectivity index (χ4n) is 5.47. The maximum atomic E-state index is 2.45. The van der Waals surface area contributed by atoms with Gasteiger partial charge in [-0.05, 0) is 66.1 Å². The second-order valence-corrected chi connectivity index (χ2v) is 14.8. The predicted molar refractivity (Wildman–Crippen MR) is 153 cm³/mol. The van der Waals surface area contributed by atoms with Crippen molar-refractivity contribution in [2.45, 2.75) is 33.9 Å². The highest BCUT2D eigenvalue weighted by atomic mass is 28.3. The Kier molecular flexibility index (Phi) is 5.94. The van der Waals surface area contributed by atoms with E-state index >= 15 is 0 Å². The molecule has 5 aromatic rings. The zero-order chi connectivity index (χ0) is 24.7. The van der Waals surface area contributed by atoms with Crippen LogP contribution >= 0.6 is 0 Å². The first-order chi connectivity index (χ1) is 16.8. The van der Waals surface area contributed by atoms with Crippen molar-refractivity contribution in [1.29, 1.82) is 0 Å². The molecule has 0 amide bonds. The minimum Gasteiger partial charge on any atom is -0.200 e. The van der Waals surface area contributed by atoms with Gasteiger partial charge in [-0.2, -0.15) is 0 Å². The first-order valence-electron chi connectivity index (χ1n) is 12.4. The fourth-order valence-corrected chi connectivity index (χ4v) is 7.85. The molecule has 174 valence electrons. The van der Waals surface area contributed by atoms with Crippen LogP contribution in [0.1, 0.15) is 16.7 Å². The van der Waals surface area contributed by atoms with Crippen molar-refractivity contribution in [3.05, 3.63) is 114 Å². The van der Waals surface area contributed by atoms with E-state index in [9.17, 15) is 0 Å². The Hall–Kier alpha value is -3.49. The van der Waals surface area contributed by atoms with Gasteiger partial charge >= 0.3 is 0 Å². The molecule has 5 rings (SSSR count). The van der Waals surface area contributed by atoms with Crippen molar-refractivity contribution in [2.75, 3.05) is 0 Å². The molecule has 0 unspecified atom stereocenters. The highest BCUT2D eigenvalue weighted by Gasteiger charge is 2.27. The Morgan fingerprint density at radius 1 is 0.629 bits per heavy atom. The summed E-state index contributed by atoms with van der Waals surface area (Å²) in [6.45, 7) is 11.5. The van der Waals surface area contributed by atoms with Crippen LogP contribution in [0.3, 0.4) is 0 Å². The monoisotopic (exact) mass is 472 g/mol. The molecule has 0 fully saturated rings. The van der Waals surface area contributed by atoms with Gasteiger partial charge in [0.1, 0.15) is 15.1 Å². The number of pyridine rings is 1. The Morgan fingerprint density at radius 2 is 1.34 bits per heavy atom. The molecule has 0 radical (unpaired) electrons. The van der Waals surface area contributed by atoms with Gasteiger partial charge in [0, 0.05) is 11.6 Å². The topological polar surface area (TPSA) is 3.88 Å². The summed E-state index contributed by atoms with van der Waals surface area (Å²) in [5.74, 6) is 0. The van der Waals surface area contributed by atoms with Gasteiger partial charge in [0.25, 0.3) is 0 Å². The van der Waals surface area contributed by atoms with E-state index < -0.39 is 8.07 Å². The van der Waals surface area contributed by atoms with E-state index in [0.717, 1.165) is 0 Å². The van der Waals surface area contributed by atoms with Gasteiger partial charge in [0.15, 0.2) is 6.20 Å². The van der Waals surface area contributed by atoms with Crippen LogP contribution in [0.5, 0.6) is 0 Å². The molecule has 0 atom stereocenters. The molecule has 1 heterocycles. The van der Waals surface area contributed by atoms with Crippen LogP contribution < -0.4 is 14.9 Å². The van der Waals surface area contributed by atoms with Gasteiger partial charge in [-0.15, -0.1) is 0 Å². The Bertz CT molecular complexity index is 1530. The molecule has 2 heteroatoms. The van der Waals surface area contributed by atoms with E-state index in [1.165, 1.54) is 60.2 Å². The van der Waals surface area contributed by atoms with E-state index in [1.54, 1.807) is 0 Å². The van der Waals surface area contributed by atoms with Crippen LogP contribution in [-0.2, 0) is 7.05 Å². The van der Waals surface area contributed by atoms with Crippen LogP contribution in [-0.4, -0.2) is 8.07 Å². The van der Waals surface area contributed by atoms with Crippen LogP contribution in [0.15, 0.2) is 97.2 Å². The molecule has 1 nitrogen and oxygen atoms in total. The molecule has 0 saturated carbocycles. The molecule has 0 aliphatic heterocycles. The van der Waals surface area contributed by atoms with Crippen molar-refractivity contribution < 1.29 is 4.57 Å². The lowest BCUT2D eigenvalue weighted by molar-refractivity contribution is -0.659. The summed E-state index contributed by atoms with van der Waals surface area (Å²) in [6, 6.07) is 33.9. The molecular formula is C33H34NSi+. The van der Waals surface area contributed by atoms with Crippen molar-refractivity contribution >= 4 is 29.2 Å². The summed E-state index contributed by atoms with van der Waals surface area (Å²) in [5, 5.41) is 5.56. The number of hydrogen-bond acceptors (Lipinski definition) is 0. The molecule has 0 aliphatic carbocycles. The van der Waals surface area contributed by atoms with Gasteiger partial charge in [-0.25, -0.2) is 4.57 Å². The van der Waals surface area contributed by atoms with Crippen molar-refractivity contribution in [3.63, 3.8) is 0 Å². The number of aromatic nitrogens is 1. The van der Waals surface area contributed by atoms with Gasteiger partial charge in [-0.3, -0.25) is 0 Å². The standard InChI is InChI=1S/C33H34NSi/c1-23-11-10-12-24(2)32(23)27-15-17-30(25(3)21-27)33-31-18-16-29(22-26(31)19-20-34(33)4)35(5,6)28-13-8-7-9-14-28/h7-22H,1-6H3/q+1. The molecule has 0 spiro atoms. The summed E-state index contributed by atoms with van der Waals surface area (Å²) < 4.78 is 2.27. The third-order valence-corrected chi connectivity index (χ3v) is 11.1. The average Bonchev–Trinajstić information content (AvgIpc) is 2.85. The van der Waals surface area contributed by atoms with Crippen molar-refractivity contribution in [1.82, 2.24) is 0 Å². The van der Waals surface area contributed by atoms with Gasteiger partial charge in [0.05, 0.1) is 5.39 Å². The van der Waals surface area contributed by atoms with Crippen molar-refractivity contribution in [2.24, 2.45) is 7.05 Å². The Balaban J connectivity index is 1.63. The zero-order valence-corrected chi connectivity index (χ0v) is 22.7. The number of fused-ring (bicyclic) bond motifs is 1. The number of benzene rings is 4. The smallest absolute Gasteiger partial charge is 0.200 e. The molecule has 4 aromatic carbocycles. The third kappa shape index (κ3) is 4.13. The quantitative estimate of drug-likeness (QED) is 0.201. The van der Waals surface area contributed by atoms with E-state index in [1.807, 2.05) is 0 Å². The largest absolute Gasteiger partial charge is 0.220 e. The lowest BCUT2D eigenvalue weighted by Gasteiger charge is -2.24. The van der Waals surface area contributed by atoms with Crippen molar-refractivity contribution in [3.8, 4) is 22.4 Å². The third-order valence-electron chi connectivity index (χ3n) is 7.61. The van der Waals surface area contributed by atoms with E-state index in [4.69, 9.17) is 0 Å². The van der Waals surface area contributed by atoms with Crippen LogP contribution in [0.4, 0.5) is 0 Å². The minimum absolute atomic E-state index is 1.28. The first kappa shape index (κ1) is 23.3. The number of rotatable bonds is 4. The Labute approximate surface area is 210 Å². The van der Waals surface area contributed by atoms with E-state index in [2.05, 4.69) is 143 Å². The lowest BCUT2D eigenvalue weighted by Crippen LogP contribution is -2.52. The van der Waals surface area contributed by atoms with E-state index in [-0.39, 0.29) is 0 Å². The minimum atomic E-state index is -1.76. The predicted octanol–water partition coefficient (Wildman–Crippen LogP) is 6.75. The highest BCUT2D eigenvalue weighted by Crippen LogP contribution is 2.33. The molecule has 0 N–H and O–H groups in total. The Morgan fingerprint density at radius 3 is 2.03 bits per heavy atom. The summed E-state index contributed by atoms with van der Waals surface area (Å²) >= 11 is 0. The SMILES string of the molecule is Cc1cc(-c2c(C)cccc2C)ccc1-c1c2ccc([Si](C)(C)c3ccccc3)cc2cc[n+]1C. The molecule has 0 saturated heterocycles. The second-order valence-electron chi connectivity index (χ2n) is 10.4. The molecule has 0 bridgehead atoms. The average molecular weight is 473 g/mol. The lowest BCUT2D eigenvalue weighted by atomic mass is 9.92. The molecule has 1 aromatic heterocycles. The molecule has 0 aliphatic rings. The summed E-state index contributed by atoms with van der Waals surface area (Å²) in [4.78, 5) is 0. The summed E-state index contributed by atoms with van der Waals surface area (Å²) in [6.07, 6.45) is 2.21. The molecule has 35 heavy (non-hydrogen) atoms. The first-order valence-corrected chi connectivity index (χ1v) is 15.4. The second kappa shape index (κ2) is 8.94. The fraction of sp³-hybridized carbons (Fsp3) is 0.182. The summed E-state index contributed by atoms with van der Waals surface area (Å²) in [7, 11) is 0.400. The normalized spacial score (nSPS) is 11.7. The maximum absolute atomic E-state index is 2.45. The van der Waals surface area contributed by atoms with E-state index in [0.29, 0.717) is 0 Å². The number of hydrogen-bond donors (Lipinski definition) is 0. The molecular weight excluding hydrogens is 438 g/mol. The van der Waals surface area contributed by atoms with Gasteiger partial charge < -0.3 is 0 Å². The number of nitrogens with zero attached hydrogens (tertiary/aromatic N) is 1. The summed E-state index contributed by atoms with van der Waals surface area (Å²) in [5.41, 5.74) is 9.16. The highest BCUT2D eigenvalue weighted by molar-refractivity contribution is 7.00. The zero-order valence-electron chi connectivity index (χ0n) is 21.7. The number of aryl methyl sites for hydroxylation is 4. The van der Waals surface area contributed by atoms with Crippen LogP contribution in [0, 0.1) is 20.8 Å². The van der Waals surface area contributed by atoms with Crippen LogP contribution in [0.25, 0.3) is 33.2 Å².